The number of rotatable bonds is 9. The van der Waals surface area contributed by atoms with Crippen LogP contribution in [0, 0.1) is 5.92 Å². The number of aromatic nitrogens is 5. The van der Waals surface area contributed by atoms with Crippen LogP contribution in [0.5, 0.6) is 5.75 Å². The third kappa shape index (κ3) is 6.82. The van der Waals surface area contributed by atoms with Crippen LogP contribution in [0.2, 0.25) is 0 Å². The van der Waals surface area contributed by atoms with E-state index in [-0.39, 0.29) is 31.0 Å². The van der Waals surface area contributed by atoms with Crippen LogP contribution in [0.25, 0.3) is 33.5 Å². The highest BCUT2D eigenvalue weighted by atomic mass is 19.1. The van der Waals surface area contributed by atoms with E-state index in [1.807, 2.05) is 24.3 Å². The lowest BCUT2D eigenvalue weighted by molar-refractivity contribution is -0.129. The fourth-order valence-corrected chi connectivity index (χ4v) is 8.38. The van der Waals surface area contributed by atoms with Crippen LogP contribution in [0.15, 0.2) is 48.8 Å². The van der Waals surface area contributed by atoms with E-state index in [4.69, 9.17) is 9.72 Å². The minimum atomic E-state index is -1.36. The summed E-state index contributed by atoms with van der Waals surface area (Å²) in [5, 5.41) is 17.1. The number of nitrogens with zero attached hydrogens (tertiary/aromatic N) is 7. The monoisotopic (exact) mass is 724 g/mol. The summed E-state index contributed by atoms with van der Waals surface area (Å²) in [6.07, 6.45) is 5.34. The first kappa shape index (κ1) is 34.7. The topological polar surface area (TPSA) is 140 Å². The third-order valence-corrected chi connectivity index (χ3v) is 11.1. The number of amides is 3. The van der Waals surface area contributed by atoms with Crippen molar-refractivity contribution in [2.45, 2.75) is 70.2 Å². The predicted octanol–water partition coefficient (Wildman–Crippen LogP) is 5.40. The lowest BCUT2D eigenvalue weighted by Crippen LogP contribution is -2.53. The number of benzene rings is 2. The van der Waals surface area contributed by atoms with Crippen LogP contribution < -0.4 is 10.1 Å². The molecule has 0 unspecified atom stereocenters. The summed E-state index contributed by atoms with van der Waals surface area (Å²) in [5.41, 5.74) is 5.99. The Morgan fingerprint density at radius 3 is 2.49 bits per heavy atom. The SMILES string of the molecule is COc1cc(C(=O)N2C[C@H](F)C[C@@H](NC(=O)O)C2)cc2nc(-c3cc4cccc(C5CCN(C(C)=O)CC5)c4n3CC3CC3)n(Cc3cnn(C)c3)c12. The minimum Gasteiger partial charge on any atom is -0.494 e. The van der Waals surface area contributed by atoms with Crippen LogP contribution in [0.4, 0.5) is 9.18 Å². The molecule has 2 saturated heterocycles. The summed E-state index contributed by atoms with van der Waals surface area (Å²) >= 11 is 0. The number of carbonyl (C=O) groups excluding carboxylic acids is 2. The van der Waals surface area contributed by atoms with Gasteiger partial charge in [0.05, 0.1) is 49.2 Å². The Labute approximate surface area is 306 Å². The molecule has 1 aliphatic carbocycles. The van der Waals surface area contributed by atoms with Gasteiger partial charge in [0.2, 0.25) is 5.91 Å². The lowest BCUT2D eigenvalue weighted by Gasteiger charge is -2.34. The van der Waals surface area contributed by atoms with E-state index in [1.54, 1.807) is 30.8 Å². The molecule has 53 heavy (non-hydrogen) atoms. The molecule has 14 heteroatoms. The molecule has 3 aliphatic rings. The predicted molar refractivity (Wildman–Crippen MR) is 197 cm³/mol. The van der Waals surface area contributed by atoms with Gasteiger partial charge in [-0.3, -0.25) is 14.3 Å². The molecule has 2 N–H and O–H groups in total. The number of halogens is 1. The van der Waals surface area contributed by atoms with Crippen LogP contribution in [-0.4, -0.2) is 102 Å². The number of alkyl halides is 1. The molecule has 2 aliphatic heterocycles. The molecule has 278 valence electrons. The van der Waals surface area contributed by atoms with E-state index in [9.17, 15) is 23.9 Å². The Hall–Kier alpha value is -5.40. The fourth-order valence-electron chi connectivity index (χ4n) is 8.38. The summed E-state index contributed by atoms with van der Waals surface area (Å²) in [4.78, 5) is 46.0. The maximum atomic E-state index is 14.8. The zero-order valence-electron chi connectivity index (χ0n) is 30.3. The van der Waals surface area contributed by atoms with Crippen molar-refractivity contribution in [1.29, 1.82) is 0 Å². The number of carbonyl (C=O) groups is 3. The van der Waals surface area contributed by atoms with Gasteiger partial charge in [0.15, 0.2) is 5.82 Å². The number of piperidine rings is 2. The standard InChI is InChI=1S/C39H45FN8O5/c1-23(49)45-11-9-26(10-12-45)31-6-4-5-27-14-33(47(35(27)31)19-24-7-8-24)37-43-32-13-28(38(50)46-21-29(40)16-30(22-46)42-39(51)52)15-34(53-3)36(32)48(37)20-25-17-41-44(2)18-25/h4-6,13-15,17-18,24,26,29-30,42H,7-12,16,19-22H2,1-3H3,(H,51,52)/t29-,30-/m1/s1. The van der Waals surface area contributed by atoms with E-state index in [0.29, 0.717) is 29.6 Å². The number of hydrogen-bond acceptors (Lipinski definition) is 6. The molecule has 2 atom stereocenters. The maximum Gasteiger partial charge on any atom is 0.404 e. The second-order valence-corrected chi connectivity index (χ2v) is 14.9. The van der Waals surface area contributed by atoms with Crippen molar-refractivity contribution in [3.8, 4) is 17.3 Å². The highest BCUT2D eigenvalue weighted by Crippen LogP contribution is 2.42. The summed E-state index contributed by atoms with van der Waals surface area (Å²) in [7, 11) is 3.44. The van der Waals surface area contributed by atoms with Gasteiger partial charge in [-0.05, 0) is 61.3 Å². The van der Waals surface area contributed by atoms with Gasteiger partial charge in [-0.2, -0.15) is 5.10 Å². The molecule has 1 saturated carbocycles. The zero-order valence-corrected chi connectivity index (χ0v) is 30.3. The average Bonchev–Trinajstić information content (AvgIpc) is 3.58. The highest BCUT2D eigenvalue weighted by molar-refractivity contribution is 6.00. The van der Waals surface area contributed by atoms with Gasteiger partial charge in [0.25, 0.3) is 5.91 Å². The molecular formula is C39H45FN8O5. The van der Waals surface area contributed by atoms with Crippen LogP contribution >= 0.6 is 0 Å². The number of nitrogens with one attached hydrogen (secondary N) is 1. The smallest absolute Gasteiger partial charge is 0.404 e. The molecule has 3 fully saturated rings. The summed E-state index contributed by atoms with van der Waals surface area (Å²) < 4.78 is 27.1. The first-order chi connectivity index (χ1) is 25.6. The molecular weight excluding hydrogens is 679 g/mol. The van der Waals surface area contributed by atoms with E-state index in [1.165, 1.54) is 28.8 Å². The average molecular weight is 725 g/mol. The number of aryl methyl sites for hydroxylation is 1. The Bertz CT molecular complexity index is 2210. The first-order valence-electron chi connectivity index (χ1n) is 18.4. The van der Waals surface area contributed by atoms with Gasteiger partial charge in [-0.1, -0.05) is 18.2 Å². The Morgan fingerprint density at radius 1 is 1.02 bits per heavy atom. The molecule has 5 heterocycles. The van der Waals surface area contributed by atoms with Gasteiger partial charge in [-0.25, -0.2) is 14.2 Å². The number of methoxy groups -OCH3 is 1. The number of para-hydroxylation sites is 1. The second kappa shape index (κ2) is 13.9. The van der Waals surface area contributed by atoms with E-state index in [2.05, 4.69) is 43.8 Å². The van der Waals surface area contributed by atoms with E-state index in [0.717, 1.165) is 60.5 Å². The van der Waals surface area contributed by atoms with Gasteiger partial charge in [0.1, 0.15) is 17.4 Å². The maximum absolute atomic E-state index is 14.8. The molecule has 0 bridgehead atoms. The van der Waals surface area contributed by atoms with Crippen LogP contribution in [0.1, 0.15) is 66.4 Å². The Morgan fingerprint density at radius 2 is 1.81 bits per heavy atom. The van der Waals surface area contributed by atoms with Crippen molar-refractivity contribution >= 4 is 39.8 Å². The first-order valence-corrected chi connectivity index (χ1v) is 18.4. The Kier molecular flexibility index (Phi) is 9.07. The van der Waals surface area contributed by atoms with Crippen molar-refractivity contribution in [2.24, 2.45) is 13.0 Å². The number of carboxylic acid groups (broad SMARTS) is 1. The van der Waals surface area contributed by atoms with Crippen LogP contribution in [0.3, 0.4) is 0 Å². The van der Waals surface area contributed by atoms with Crippen molar-refractivity contribution < 1.29 is 28.6 Å². The molecule has 0 spiro atoms. The fraction of sp³-hybridized carbons (Fsp3) is 0.462. The van der Waals surface area contributed by atoms with Crippen molar-refractivity contribution in [3.05, 3.63) is 65.5 Å². The number of imidazole rings is 1. The molecule has 0 radical (unpaired) electrons. The number of likely N-dealkylation sites (tertiary alicyclic amines) is 2. The van der Waals surface area contributed by atoms with Crippen molar-refractivity contribution in [1.82, 2.24) is 39.0 Å². The number of fused-ring (bicyclic) bond motifs is 2. The van der Waals surface area contributed by atoms with E-state index < -0.39 is 24.2 Å². The van der Waals surface area contributed by atoms with Crippen LogP contribution in [-0.2, 0) is 24.9 Å². The molecule has 5 aromatic rings. The van der Waals surface area contributed by atoms with Gasteiger partial charge < -0.3 is 34.1 Å². The number of hydrogen-bond donors (Lipinski definition) is 2. The minimum absolute atomic E-state index is 0.00865. The third-order valence-electron chi connectivity index (χ3n) is 11.1. The largest absolute Gasteiger partial charge is 0.494 e. The molecule has 13 nitrogen and oxygen atoms in total. The molecule has 3 amide bonds. The Balaban J connectivity index is 1.26. The second-order valence-electron chi connectivity index (χ2n) is 14.9. The summed E-state index contributed by atoms with van der Waals surface area (Å²) in [5.74, 6) is 1.77. The quantitative estimate of drug-likeness (QED) is 0.208. The van der Waals surface area contributed by atoms with Gasteiger partial charge in [0, 0.05) is 69.3 Å². The normalized spacial score (nSPS) is 19.6. The molecule has 8 rings (SSSR count). The molecule has 2 aromatic carbocycles. The van der Waals surface area contributed by atoms with Gasteiger partial charge >= 0.3 is 6.09 Å². The van der Waals surface area contributed by atoms with Gasteiger partial charge in [-0.15, -0.1) is 0 Å². The van der Waals surface area contributed by atoms with E-state index >= 15 is 0 Å². The lowest BCUT2D eigenvalue weighted by atomic mass is 9.88. The number of ether oxygens (including phenoxy) is 1. The zero-order chi connectivity index (χ0) is 37.0. The summed E-state index contributed by atoms with van der Waals surface area (Å²) in [6.45, 7) is 4.36. The van der Waals surface area contributed by atoms with Crippen molar-refractivity contribution in [3.63, 3.8) is 0 Å². The molecule has 3 aromatic heterocycles. The summed E-state index contributed by atoms with van der Waals surface area (Å²) in [6, 6.07) is 11.4. The highest BCUT2D eigenvalue weighted by Gasteiger charge is 2.33. The van der Waals surface area contributed by atoms with Crippen molar-refractivity contribution in [2.75, 3.05) is 33.3 Å².